The first kappa shape index (κ1) is 21.6. The van der Waals surface area contributed by atoms with Crippen molar-refractivity contribution in [1.82, 2.24) is 24.3 Å². The minimum atomic E-state index is -0.453. The third-order valence-corrected chi connectivity index (χ3v) is 5.66. The van der Waals surface area contributed by atoms with E-state index < -0.39 is 5.69 Å². The lowest BCUT2D eigenvalue weighted by molar-refractivity contribution is -0.117. The van der Waals surface area contributed by atoms with Crippen molar-refractivity contribution in [3.8, 4) is 22.8 Å². The first-order chi connectivity index (χ1) is 16.4. The summed E-state index contributed by atoms with van der Waals surface area (Å²) in [5, 5.41) is 11.9. The van der Waals surface area contributed by atoms with Gasteiger partial charge in [-0.1, -0.05) is 35.0 Å². The van der Waals surface area contributed by atoms with E-state index in [1.165, 1.54) is 4.40 Å². The Kier molecular flexibility index (Phi) is 5.46. The zero-order valence-electron chi connectivity index (χ0n) is 18.3. The SMILES string of the molecule is Cc1cccc(C)c1NC(=O)Cn1nc2c(-c3nc(-c4ccc(Cl)cc4)no3)cccn2c1=O. The lowest BCUT2D eigenvalue weighted by Crippen LogP contribution is -2.28. The zero-order valence-corrected chi connectivity index (χ0v) is 19.1. The van der Waals surface area contributed by atoms with Gasteiger partial charge in [0.15, 0.2) is 5.65 Å². The van der Waals surface area contributed by atoms with Gasteiger partial charge in [-0.05, 0) is 61.4 Å². The van der Waals surface area contributed by atoms with Crippen LogP contribution in [0.4, 0.5) is 5.69 Å². The molecule has 0 fully saturated rings. The average Bonchev–Trinajstić information content (AvgIpc) is 3.42. The molecule has 1 N–H and O–H groups in total. The van der Waals surface area contributed by atoms with Crippen LogP contribution in [0.5, 0.6) is 0 Å². The molecule has 0 aliphatic carbocycles. The molecule has 0 bridgehead atoms. The Bertz CT molecular complexity index is 1560. The Morgan fingerprint density at radius 1 is 1.06 bits per heavy atom. The standard InChI is InChI=1S/C24H19ClN6O3/c1-14-5-3-6-15(2)20(14)26-19(32)13-31-24(33)30-12-4-7-18(22(30)28-31)23-27-21(29-34-23)16-8-10-17(25)11-9-16/h3-12H,13H2,1-2H3,(H,26,32). The van der Waals surface area contributed by atoms with Crippen LogP contribution in [0.25, 0.3) is 28.5 Å². The molecule has 0 radical (unpaired) electrons. The molecule has 0 saturated heterocycles. The summed E-state index contributed by atoms with van der Waals surface area (Å²) in [6.07, 6.45) is 1.57. The normalized spacial score (nSPS) is 11.1. The van der Waals surface area contributed by atoms with Crippen molar-refractivity contribution in [2.75, 3.05) is 5.32 Å². The highest BCUT2D eigenvalue weighted by Crippen LogP contribution is 2.25. The summed E-state index contributed by atoms with van der Waals surface area (Å²) in [6, 6.07) is 16.2. The van der Waals surface area contributed by atoms with E-state index in [0.29, 0.717) is 22.1 Å². The molecule has 5 rings (SSSR count). The quantitative estimate of drug-likeness (QED) is 0.410. The molecule has 0 aliphatic rings. The number of carbonyl (C=O) groups is 1. The van der Waals surface area contributed by atoms with E-state index in [-0.39, 0.29) is 18.3 Å². The van der Waals surface area contributed by atoms with E-state index in [4.69, 9.17) is 16.1 Å². The minimum absolute atomic E-state index is 0.202. The van der Waals surface area contributed by atoms with Gasteiger partial charge in [0.05, 0.1) is 5.56 Å². The molecule has 3 aromatic heterocycles. The maximum atomic E-state index is 12.9. The van der Waals surface area contributed by atoms with Crippen molar-refractivity contribution >= 4 is 28.8 Å². The maximum Gasteiger partial charge on any atom is 0.350 e. The third-order valence-electron chi connectivity index (χ3n) is 5.41. The number of aryl methyl sites for hydroxylation is 2. The Morgan fingerprint density at radius 3 is 2.53 bits per heavy atom. The largest absolute Gasteiger partial charge is 0.350 e. The highest BCUT2D eigenvalue weighted by molar-refractivity contribution is 6.30. The fourth-order valence-electron chi connectivity index (χ4n) is 3.68. The molecular formula is C24H19ClN6O3. The summed E-state index contributed by atoms with van der Waals surface area (Å²) >= 11 is 5.94. The fourth-order valence-corrected chi connectivity index (χ4v) is 3.81. The molecule has 0 spiro atoms. The highest BCUT2D eigenvalue weighted by atomic mass is 35.5. The average molecular weight is 475 g/mol. The lowest BCUT2D eigenvalue weighted by atomic mass is 10.1. The van der Waals surface area contributed by atoms with E-state index in [1.807, 2.05) is 32.0 Å². The Morgan fingerprint density at radius 2 is 1.79 bits per heavy atom. The molecule has 0 atom stereocenters. The molecule has 2 aromatic carbocycles. The molecule has 3 heterocycles. The van der Waals surface area contributed by atoms with Crippen LogP contribution in [0.15, 0.2) is 70.1 Å². The summed E-state index contributed by atoms with van der Waals surface area (Å²) in [6.45, 7) is 3.58. The number of rotatable bonds is 5. The second-order valence-electron chi connectivity index (χ2n) is 7.80. The summed E-state index contributed by atoms with van der Waals surface area (Å²) in [5.74, 6) is 0.225. The van der Waals surface area contributed by atoms with Crippen LogP contribution in [0.2, 0.25) is 5.02 Å². The molecule has 10 heteroatoms. The molecule has 0 saturated carbocycles. The molecule has 5 aromatic rings. The number of fused-ring (bicyclic) bond motifs is 1. The van der Waals surface area contributed by atoms with Crippen molar-refractivity contribution < 1.29 is 9.32 Å². The van der Waals surface area contributed by atoms with Crippen LogP contribution in [0.3, 0.4) is 0 Å². The van der Waals surface area contributed by atoms with E-state index >= 15 is 0 Å². The van der Waals surface area contributed by atoms with E-state index in [0.717, 1.165) is 27.1 Å². The number of nitrogens with one attached hydrogen (secondary N) is 1. The van der Waals surface area contributed by atoms with Gasteiger partial charge in [0.2, 0.25) is 11.7 Å². The van der Waals surface area contributed by atoms with Crippen molar-refractivity contribution in [3.05, 3.63) is 87.4 Å². The third kappa shape index (κ3) is 3.97. The van der Waals surface area contributed by atoms with Crippen LogP contribution >= 0.6 is 11.6 Å². The number of aromatic nitrogens is 5. The van der Waals surface area contributed by atoms with Gasteiger partial charge in [-0.15, -0.1) is 5.10 Å². The van der Waals surface area contributed by atoms with Gasteiger partial charge < -0.3 is 9.84 Å². The topological polar surface area (TPSA) is 107 Å². The van der Waals surface area contributed by atoms with Gasteiger partial charge in [0, 0.05) is 22.5 Å². The van der Waals surface area contributed by atoms with Crippen molar-refractivity contribution in [2.45, 2.75) is 20.4 Å². The number of anilines is 1. The number of pyridine rings is 1. The first-order valence-electron chi connectivity index (χ1n) is 10.4. The molecule has 1 amide bonds. The number of para-hydroxylation sites is 1. The van der Waals surface area contributed by atoms with Gasteiger partial charge in [-0.25, -0.2) is 13.9 Å². The minimum Gasteiger partial charge on any atom is -0.333 e. The van der Waals surface area contributed by atoms with Crippen LogP contribution in [-0.2, 0) is 11.3 Å². The lowest BCUT2D eigenvalue weighted by Gasteiger charge is -2.10. The van der Waals surface area contributed by atoms with Gasteiger partial charge in [-0.3, -0.25) is 4.79 Å². The monoisotopic (exact) mass is 474 g/mol. The Labute approximate surface area is 198 Å². The number of benzene rings is 2. The van der Waals surface area contributed by atoms with Crippen molar-refractivity contribution in [3.63, 3.8) is 0 Å². The maximum absolute atomic E-state index is 12.9. The zero-order chi connectivity index (χ0) is 23.8. The van der Waals surface area contributed by atoms with Crippen LogP contribution in [-0.4, -0.2) is 30.2 Å². The van der Waals surface area contributed by atoms with Crippen molar-refractivity contribution in [1.29, 1.82) is 0 Å². The molecule has 34 heavy (non-hydrogen) atoms. The molecule has 0 aliphatic heterocycles. The predicted octanol–water partition coefficient (Wildman–Crippen LogP) is 4.12. The molecular weight excluding hydrogens is 456 g/mol. The number of hydrogen-bond donors (Lipinski definition) is 1. The summed E-state index contributed by atoms with van der Waals surface area (Å²) in [4.78, 5) is 30.0. The molecule has 0 unspecified atom stereocenters. The predicted molar refractivity (Wildman–Crippen MR) is 128 cm³/mol. The summed E-state index contributed by atoms with van der Waals surface area (Å²) in [5.41, 5.74) is 3.66. The number of hydrogen-bond acceptors (Lipinski definition) is 6. The van der Waals surface area contributed by atoms with Crippen LogP contribution in [0.1, 0.15) is 11.1 Å². The number of amides is 1. The van der Waals surface area contributed by atoms with Crippen molar-refractivity contribution in [2.24, 2.45) is 0 Å². The summed E-state index contributed by atoms with van der Waals surface area (Å²) < 4.78 is 7.89. The van der Waals surface area contributed by atoms with E-state index in [1.54, 1.807) is 42.6 Å². The smallest absolute Gasteiger partial charge is 0.333 e. The van der Waals surface area contributed by atoms with Gasteiger partial charge >= 0.3 is 5.69 Å². The molecule has 9 nitrogen and oxygen atoms in total. The van der Waals surface area contributed by atoms with Gasteiger partial charge in [-0.2, -0.15) is 4.98 Å². The Hall–Kier alpha value is -4.24. The highest BCUT2D eigenvalue weighted by Gasteiger charge is 2.19. The second kappa shape index (κ2) is 8.60. The number of halogens is 1. The van der Waals surface area contributed by atoms with Crippen LogP contribution < -0.4 is 11.0 Å². The summed E-state index contributed by atoms with van der Waals surface area (Å²) in [7, 11) is 0. The number of carbonyl (C=O) groups excluding carboxylic acids is 1. The van der Waals surface area contributed by atoms with Crippen LogP contribution in [0, 0.1) is 13.8 Å². The Balaban J connectivity index is 1.46. The van der Waals surface area contributed by atoms with E-state index in [2.05, 4.69) is 20.6 Å². The fraction of sp³-hybridized carbons (Fsp3) is 0.125. The van der Waals surface area contributed by atoms with Gasteiger partial charge in [0.1, 0.15) is 6.54 Å². The van der Waals surface area contributed by atoms with E-state index in [9.17, 15) is 9.59 Å². The second-order valence-corrected chi connectivity index (χ2v) is 8.24. The first-order valence-corrected chi connectivity index (χ1v) is 10.8. The van der Waals surface area contributed by atoms with Gasteiger partial charge in [0.25, 0.3) is 5.89 Å². The number of nitrogens with zero attached hydrogens (tertiary/aromatic N) is 5. The molecule has 170 valence electrons.